The number of nitrogens with zero attached hydrogens (tertiary/aromatic N) is 1. The maximum Gasteiger partial charge on any atom is 0.332 e. The third kappa shape index (κ3) is 3.67. The standard InChI is InChI=1S/C13H24N2O3/c1-10(15-6-2-3-7-15)8-14-9-11-4-5-12(18-11)13(16)17/h10-12,14H,2-9H2,1H3,(H,16,17). The van der Waals surface area contributed by atoms with Crippen LogP contribution in [0.15, 0.2) is 0 Å². The number of carbonyl (C=O) groups is 1. The molecule has 0 bridgehead atoms. The second kappa shape index (κ2) is 6.50. The van der Waals surface area contributed by atoms with E-state index in [9.17, 15) is 4.79 Å². The van der Waals surface area contributed by atoms with E-state index < -0.39 is 12.1 Å². The molecule has 0 amide bonds. The molecule has 104 valence electrons. The number of hydrogen-bond donors (Lipinski definition) is 2. The summed E-state index contributed by atoms with van der Waals surface area (Å²) in [6, 6.07) is 0.559. The van der Waals surface area contributed by atoms with Gasteiger partial charge in [0.1, 0.15) is 0 Å². The lowest BCUT2D eigenvalue weighted by Gasteiger charge is -2.24. The van der Waals surface area contributed by atoms with Gasteiger partial charge in [0.2, 0.25) is 0 Å². The fourth-order valence-electron chi connectivity index (χ4n) is 2.80. The van der Waals surface area contributed by atoms with Crippen LogP contribution in [0.4, 0.5) is 0 Å². The topological polar surface area (TPSA) is 61.8 Å². The Hall–Kier alpha value is -0.650. The fraction of sp³-hybridized carbons (Fsp3) is 0.923. The second-order valence-corrected chi connectivity index (χ2v) is 5.41. The lowest BCUT2D eigenvalue weighted by molar-refractivity contribution is -0.149. The molecule has 0 aromatic heterocycles. The van der Waals surface area contributed by atoms with Crippen LogP contribution in [0, 0.1) is 0 Å². The molecule has 0 saturated carbocycles. The minimum absolute atomic E-state index is 0.0666. The van der Waals surface area contributed by atoms with Crippen molar-refractivity contribution in [3.63, 3.8) is 0 Å². The van der Waals surface area contributed by atoms with E-state index in [1.807, 2.05) is 0 Å². The summed E-state index contributed by atoms with van der Waals surface area (Å²) in [5, 5.41) is 12.2. The molecular formula is C13H24N2O3. The lowest BCUT2D eigenvalue weighted by atomic mass is 10.2. The predicted molar refractivity (Wildman–Crippen MR) is 68.7 cm³/mol. The van der Waals surface area contributed by atoms with Crippen molar-refractivity contribution in [3.8, 4) is 0 Å². The first-order valence-electron chi connectivity index (χ1n) is 7.00. The third-order valence-corrected chi connectivity index (χ3v) is 3.96. The Morgan fingerprint density at radius 1 is 1.44 bits per heavy atom. The van der Waals surface area contributed by atoms with Crippen molar-refractivity contribution in [3.05, 3.63) is 0 Å². The van der Waals surface area contributed by atoms with Crippen molar-refractivity contribution in [2.45, 2.75) is 50.9 Å². The van der Waals surface area contributed by atoms with E-state index in [0.717, 1.165) is 19.5 Å². The number of carboxylic acid groups (broad SMARTS) is 1. The number of rotatable bonds is 6. The summed E-state index contributed by atoms with van der Waals surface area (Å²) in [6.45, 7) is 6.39. The van der Waals surface area contributed by atoms with Crippen molar-refractivity contribution in [2.75, 3.05) is 26.2 Å². The monoisotopic (exact) mass is 256 g/mol. The van der Waals surface area contributed by atoms with Crippen LogP contribution in [-0.2, 0) is 9.53 Å². The SMILES string of the molecule is CC(CNCC1CCC(C(=O)O)O1)N1CCCC1. The zero-order chi connectivity index (χ0) is 13.0. The van der Waals surface area contributed by atoms with Gasteiger partial charge in [-0.1, -0.05) is 0 Å². The predicted octanol–water partition coefficient (Wildman–Crippen LogP) is 0.693. The minimum atomic E-state index is -0.831. The van der Waals surface area contributed by atoms with E-state index in [1.54, 1.807) is 0 Å². The second-order valence-electron chi connectivity index (χ2n) is 5.41. The van der Waals surface area contributed by atoms with Crippen LogP contribution in [0.5, 0.6) is 0 Å². The zero-order valence-electron chi connectivity index (χ0n) is 11.1. The Kier molecular flexibility index (Phi) is 4.97. The first-order chi connectivity index (χ1) is 8.66. The van der Waals surface area contributed by atoms with Gasteiger partial charge in [0.25, 0.3) is 0 Å². The van der Waals surface area contributed by atoms with Crippen molar-refractivity contribution in [1.82, 2.24) is 10.2 Å². The first-order valence-corrected chi connectivity index (χ1v) is 7.00. The zero-order valence-corrected chi connectivity index (χ0v) is 11.1. The molecular weight excluding hydrogens is 232 g/mol. The van der Waals surface area contributed by atoms with Crippen molar-refractivity contribution >= 4 is 5.97 Å². The summed E-state index contributed by atoms with van der Waals surface area (Å²) in [4.78, 5) is 13.3. The molecule has 18 heavy (non-hydrogen) atoms. The number of likely N-dealkylation sites (tertiary alicyclic amines) is 1. The van der Waals surface area contributed by atoms with Gasteiger partial charge >= 0.3 is 5.97 Å². The number of ether oxygens (including phenoxy) is 1. The van der Waals surface area contributed by atoms with Crippen LogP contribution in [0.25, 0.3) is 0 Å². The van der Waals surface area contributed by atoms with Gasteiger partial charge in [-0.05, 0) is 45.7 Å². The molecule has 0 aliphatic carbocycles. The minimum Gasteiger partial charge on any atom is -0.479 e. The molecule has 5 heteroatoms. The van der Waals surface area contributed by atoms with Crippen LogP contribution in [-0.4, -0.2) is 60.4 Å². The van der Waals surface area contributed by atoms with Gasteiger partial charge in [0, 0.05) is 19.1 Å². The van der Waals surface area contributed by atoms with Crippen LogP contribution in [0.3, 0.4) is 0 Å². The Bertz CT molecular complexity index is 279. The molecule has 0 spiro atoms. The summed E-state index contributed by atoms with van der Waals surface area (Å²) >= 11 is 0. The summed E-state index contributed by atoms with van der Waals surface area (Å²) in [7, 11) is 0. The smallest absolute Gasteiger partial charge is 0.332 e. The summed E-state index contributed by atoms with van der Waals surface area (Å²) in [6.07, 6.45) is 3.60. The summed E-state index contributed by atoms with van der Waals surface area (Å²) < 4.78 is 5.45. The van der Waals surface area contributed by atoms with Crippen LogP contribution in [0.1, 0.15) is 32.6 Å². The molecule has 0 radical (unpaired) electrons. The van der Waals surface area contributed by atoms with Crippen molar-refractivity contribution < 1.29 is 14.6 Å². The van der Waals surface area contributed by atoms with Gasteiger partial charge in [-0.3, -0.25) is 4.90 Å². The third-order valence-electron chi connectivity index (χ3n) is 3.96. The molecule has 2 heterocycles. The molecule has 2 aliphatic rings. The van der Waals surface area contributed by atoms with Gasteiger partial charge in [-0.15, -0.1) is 0 Å². The summed E-state index contributed by atoms with van der Waals surface area (Å²) in [5.41, 5.74) is 0. The highest BCUT2D eigenvalue weighted by Gasteiger charge is 2.30. The van der Waals surface area contributed by atoms with Crippen molar-refractivity contribution in [2.24, 2.45) is 0 Å². The highest BCUT2D eigenvalue weighted by Crippen LogP contribution is 2.19. The molecule has 3 unspecified atom stereocenters. The fourth-order valence-corrected chi connectivity index (χ4v) is 2.80. The van der Waals surface area contributed by atoms with E-state index in [4.69, 9.17) is 9.84 Å². The van der Waals surface area contributed by atoms with Crippen molar-refractivity contribution in [1.29, 1.82) is 0 Å². The number of aliphatic carboxylic acids is 1. The Labute approximate surface area is 108 Å². The summed E-state index contributed by atoms with van der Waals surface area (Å²) in [5.74, 6) is -0.831. The van der Waals surface area contributed by atoms with Crippen LogP contribution < -0.4 is 5.32 Å². The van der Waals surface area contributed by atoms with Gasteiger partial charge in [0.15, 0.2) is 6.10 Å². The van der Waals surface area contributed by atoms with E-state index in [0.29, 0.717) is 12.5 Å². The highest BCUT2D eigenvalue weighted by molar-refractivity contribution is 5.72. The van der Waals surface area contributed by atoms with Gasteiger partial charge in [-0.2, -0.15) is 0 Å². The largest absolute Gasteiger partial charge is 0.479 e. The molecule has 2 fully saturated rings. The maximum absolute atomic E-state index is 10.8. The van der Waals surface area contributed by atoms with Gasteiger partial charge in [0.05, 0.1) is 6.10 Å². The Balaban J connectivity index is 1.59. The Morgan fingerprint density at radius 2 is 2.17 bits per heavy atom. The van der Waals surface area contributed by atoms with E-state index in [2.05, 4.69) is 17.1 Å². The van der Waals surface area contributed by atoms with E-state index >= 15 is 0 Å². The molecule has 2 saturated heterocycles. The average molecular weight is 256 g/mol. The molecule has 5 nitrogen and oxygen atoms in total. The van der Waals surface area contributed by atoms with Crippen LogP contribution in [0.2, 0.25) is 0 Å². The normalized spacial score (nSPS) is 30.7. The molecule has 3 atom stereocenters. The van der Waals surface area contributed by atoms with E-state index in [1.165, 1.54) is 25.9 Å². The highest BCUT2D eigenvalue weighted by atomic mass is 16.5. The quantitative estimate of drug-likeness (QED) is 0.732. The van der Waals surface area contributed by atoms with Crippen LogP contribution >= 0.6 is 0 Å². The van der Waals surface area contributed by atoms with E-state index in [-0.39, 0.29) is 6.10 Å². The first kappa shape index (κ1) is 13.8. The average Bonchev–Trinajstić information content (AvgIpc) is 3.00. The molecule has 2 aliphatic heterocycles. The number of carboxylic acids is 1. The Morgan fingerprint density at radius 3 is 2.78 bits per heavy atom. The molecule has 0 aromatic carbocycles. The molecule has 2 rings (SSSR count). The van der Waals surface area contributed by atoms with Gasteiger partial charge in [-0.25, -0.2) is 4.79 Å². The number of nitrogens with one attached hydrogen (secondary N) is 1. The number of hydrogen-bond acceptors (Lipinski definition) is 4. The molecule has 0 aromatic rings. The molecule has 2 N–H and O–H groups in total. The lowest BCUT2D eigenvalue weighted by Crippen LogP contribution is -2.41. The maximum atomic E-state index is 10.8. The van der Waals surface area contributed by atoms with Gasteiger partial charge < -0.3 is 15.2 Å².